The van der Waals surface area contributed by atoms with Crippen LogP contribution < -0.4 is 15.0 Å². The maximum Gasteiger partial charge on any atom is 0.217 e. The molecule has 3 rings (SSSR count). The summed E-state index contributed by atoms with van der Waals surface area (Å²) in [4.78, 5) is 23.2. The van der Waals surface area contributed by atoms with Gasteiger partial charge in [-0.25, -0.2) is 9.97 Å². The molecule has 2 aromatic rings. The third kappa shape index (κ3) is 5.29. The van der Waals surface area contributed by atoms with Crippen LogP contribution in [0.5, 0.6) is 5.88 Å². The van der Waals surface area contributed by atoms with E-state index in [-0.39, 0.29) is 18.1 Å². The van der Waals surface area contributed by atoms with Crippen molar-refractivity contribution in [3.05, 3.63) is 12.1 Å². The first-order valence-electron chi connectivity index (χ1n) is 9.44. The third-order valence-corrected chi connectivity index (χ3v) is 5.79. The van der Waals surface area contributed by atoms with E-state index < -0.39 is 0 Å². The van der Waals surface area contributed by atoms with Crippen LogP contribution in [0, 0.1) is 5.92 Å². The summed E-state index contributed by atoms with van der Waals surface area (Å²) in [5, 5.41) is 3.80. The highest BCUT2D eigenvalue weighted by molar-refractivity contribution is 7.21. The lowest BCUT2D eigenvalue weighted by molar-refractivity contribution is -0.120. The molecule has 0 saturated heterocycles. The quantitative estimate of drug-likeness (QED) is 0.707. The van der Waals surface area contributed by atoms with Crippen LogP contribution in [0.1, 0.15) is 33.6 Å². The number of anilines is 1. The van der Waals surface area contributed by atoms with Gasteiger partial charge in [-0.3, -0.25) is 4.79 Å². The Kier molecular flexibility index (Phi) is 6.49. The van der Waals surface area contributed by atoms with Gasteiger partial charge in [0.25, 0.3) is 0 Å². The van der Waals surface area contributed by atoms with Crippen LogP contribution in [0.3, 0.4) is 0 Å². The number of hydrogen-bond donors (Lipinski definition) is 1. The lowest BCUT2D eigenvalue weighted by Crippen LogP contribution is -2.40. The highest BCUT2D eigenvalue weighted by atomic mass is 32.1. The van der Waals surface area contributed by atoms with Gasteiger partial charge in [0, 0.05) is 32.6 Å². The first-order chi connectivity index (χ1) is 12.9. The predicted molar refractivity (Wildman–Crippen MR) is 108 cm³/mol. The minimum absolute atomic E-state index is 0.0233. The number of rotatable bonds is 9. The van der Waals surface area contributed by atoms with Gasteiger partial charge in [0.15, 0.2) is 5.13 Å². The molecular weight excluding hydrogens is 364 g/mol. The number of pyridine rings is 1. The molecule has 1 fully saturated rings. The van der Waals surface area contributed by atoms with Crippen molar-refractivity contribution < 1.29 is 14.3 Å². The second-order valence-electron chi connectivity index (χ2n) is 7.19. The van der Waals surface area contributed by atoms with E-state index in [1.807, 2.05) is 26.1 Å². The van der Waals surface area contributed by atoms with Gasteiger partial charge in [-0.2, -0.15) is 0 Å². The summed E-state index contributed by atoms with van der Waals surface area (Å²) in [6.45, 7) is 7.69. The Bertz CT molecular complexity index is 775. The van der Waals surface area contributed by atoms with E-state index in [9.17, 15) is 4.79 Å². The van der Waals surface area contributed by atoms with Crippen molar-refractivity contribution in [1.82, 2.24) is 15.3 Å². The monoisotopic (exact) mass is 392 g/mol. The van der Waals surface area contributed by atoms with E-state index in [1.165, 1.54) is 6.92 Å². The molecule has 2 aromatic heterocycles. The zero-order valence-corrected chi connectivity index (χ0v) is 17.2. The van der Waals surface area contributed by atoms with E-state index in [0.29, 0.717) is 25.0 Å². The number of thiazole rings is 1. The molecule has 0 aromatic carbocycles. The summed E-state index contributed by atoms with van der Waals surface area (Å²) in [5.74, 6) is 1.12. The number of ether oxygens (including phenoxy) is 2. The highest BCUT2D eigenvalue weighted by Gasteiger charge is 2.30. The molecule has 1 aliphatic carbocycles. The lowest BCUT2D eigenvalue weighted by atomic mass is 9.83. The maximum atomic E-state index is 11.0. The first-order valence-corrected chi connectivity index (χ1v) is 10.3. The van der Waals surface area contributed by atoms with E-state index in [4.69, 9.17) is 9.47 Å². The average Bonchev–Trinajstić information content (AvgIpc) is 3.01. The number of carbonyl (C=O) groups is 1. The minimum atomic E-state index is -0.0233. The average molecular weight is 393 g/mol. The zero-order chi connectivity index (χ0) is 19.4. The molecule has 0 bridgehead atoms. The normalized spacial score (nSPS) is 20.1. The molecular formula is C19H28N4O3S. The van der Waals surface area contributed by atoms with E-state index in [2.05, 4.69) is 27.1 Å². The van der Waals surface area contributed by atoms with Crippen molar-refractivity contribution in [2.45, 2.75) is 45.8 Å². The number of aromatic nitrogens is 2. The Hall–Kier alpha value is -1.93. The Morgan fingerprint density at radius 3 is 2.89 bits per heavy atom. The van der Waals surface area contributed by atoms with Crippen LogP contribution in [0.15, 0.2) is 12.1 Å². The molecule has 148 valence electrons. The Labute approximate surface area is 164 Å². The summed E-state index contributed by atoms with van der Waals surface area (Å²) >= 11 is 1.59. The van der Waals surface area contributed by atoms with Crippen LogP contribution in [0.25, 0.3) is 10.3 Å². The van der Waals surface area contributed by atoms with Crippen molar-refractivity contribution >= 4 is 32.7 Å². The van der Waals surface area contributed by atoms with Crippen molar-refractivity contribution in [2.75, 3.05) is 31.7 Å². The fraction of sp³-hybridized carbons (Fsp3) is 0.632. The molecule has 2 heterocycles. The minimum Gasteiger partial charge on any atom is -0.477 e. The van der Waals surface area contributed by atoms with Crippen molar-refractivity contribution in [2.24, 2.45) is 5.92 Å². The van der Waals surface area contributed by atoms with E-state index in [1.54, 1.807) is 11.3 Å². The number of carbonyl (C=O) groups excluding carboxylic acids is 1. The fourth-order valence-electron chi connectivity index (χ4n) is 2.99. The Balaban J connectivity index is 1.41. The topological polar surface area (TPSA) is 76.6 Å². The Morgan fingerprint density at radius 1 is 1.41 bits per heavy atom. The zero-order valence-electron chi connectivity index (χ0n) is 16.4. The number of amides is 1. The van der Waals surface area contributed by atoms with Crippen LogP contribution in [-0.4, -0.2) is 54.8 Å². The standard InChI is InChI=1S/C19H28N4O3S/c1-5-23(4)19-21-16-6-7-17(22-18(16)27-19)26-11-14-8-15(9-14)25-10-12(2)20-13(3)24/h6-7,12,14-15H,5,8-11H2,1-4H3,(H,20,24)/t12-,14?,15?/m0/s1. The third-order valence-electron chi connectivity index (χ3n) is 4.71. The van der Waals surface area contributed by atoms with Gasteiger partial charge >= 0.3 is 0 Å². The molecule has 0 unspecified atom stereocenters. The molecule has 1 saturated carbocycles. The van der Waals surface area contributed by atoms with Gasteiger partial charge in [-0.1, -0.05) is 11.3 Å². The van der Waals surface area contributed by atoms with Crippen LogP contribution in [-0.2, 0) is 9.53 Å². The van der Waals surface area contributed by atoms with E-state index >= 15 is 0 Å². The lowest BCUT2D eigenvalue weighted by Gasteiger charge is -2.35. The molecule has 1 N–H and O–H groups in total. The summed E-state index contributed by atoms with van der Waals surface area (Å²) in [6, 6.07) is 3.90. The van der Waals surface area contributed by atoms with Gasteiger partial charge in [0.1, 0.15) is 10.3 Å². The van der Waals surface area contributed by atoms with Gasteiger partial charge in [0.2, 0.25) is 11.8 Å². The van der Waals surface area contributed by atoms with E-state index in [0.717, 1.165) is 34.9 Å². The fourth-order valence-corrected chi connectivity index (χ4v) is 3.94. The second-order valence-corrected chi connectivity index (χ2v) is 8.15. The largest absolute Gasteiger partial charge is 0.477 e. The number of nitrogens with zero attached hydrogens (tertiary/aromatic N) is 3. The smallest absolute Gasteiger partial charge is 0.217 e. The van der Waals surface area contributed by atoms with Crippen LogP contribution in [0.2, 0.25) is 0 Å². The SMILES string of the molecule is CCN(C)c1nc2ccc(OCC3CC(OC[C@H](C)NC(C)=O)C3)nc2s1. The van der Waals surface area contributed by atoms with Crippen LogP contribution >= 0.6 is 11.3 Å². The molecule has 0 spiro atoms. The number of fused-ring (bicyclic) bond motifs is 1. The molecule has 7 nitrogen and oxygen atoms in total. The summed E-state index contributed by atoms with van der Waals surface area (Å²) in [7, 11) is 2.03. The second kappa shape index (κ2) is 8.84. The number of nitrogens with one attached hydrogen (secondary N) is 1. The Morgan fingerprint density at radius 2 is 2.19 bits per heavy atom. The summed E-state index contributed by atoms with van der Waals surface area (Å²) < 4.78 is 11.7. The molecule has 27 heavy (non-hydrogen) atoms. The summed E-state index contributed by atoms with van der Waals surface area (Å²) in [6.07, 6.45) is 2.24. The first kappa shape index (κ1) is 19.8. The van der Waals surface area contributed by atoms with Crippen LogP contribution in [0.4, 0.5) is 5.13 Å². The molecule has 0 radical (unpaired) electrons. The molecule has 1 atom stereocenters. The van der Waals surface area contributed by atoms with Gasteiger partial charge in [0.05, 0.1) is 19.3 Å². The summed E-state index contributed by atoms with van der Waals surface area (Å²) in [5.41, 5.74) is 0.910. The molecule has 1 amide bonds. The number of hydrogen-bond acceptors (Lipinski definition) is 7. The van der Waals surface area contributed by atoms with Crippen molar-refractivity contribution in [3.8, 4) is 5.88 Å². The van der Waals surface area contributed by atoms with Gasteiger partial charge in [-0.05, 0) is 38.7 Å². The molecule has 0 aliphatic heterocycles. The maximum absolute atomic E-state index is 11.0. The molecule has 8 heteroatoms. The highest BCUT2D eigenvalue weighted by Crippen LogP contribution is 2.32. The van der Waals surface area contributed by atoms with Gasteiger partial charge in [-0.15, -0.1) is 0 Å². The van der Waals surface area contributed by atoms with Crippen molar-refractivity contribution in [1.29, 1.82) is 0 Å². The van der Waals surface area contributed by atoms with Crippen molar-refractivity contribution in [3.63, 3.8) is 0 Å². The predicted octanol–water partition coefficient (Wildman–Crippen LogP) is 2.85. The van der Waals surface area contributed by atoms with Gasteiger partial charge < -0.3 is 19.7 Å². The molecule has 1 aliphatic rings.